The van der Waals surface area contributed by atoms with Gasteiger partial charge in [-0.05, 0) is 47.5 Å². The first-order valence-electron chi connectivity index (χ1n) is 9.87. The Morgan fingerprint density at radius 1 is 1.03 bits per heavy atom. The predicted octanol–water partition coefficient (Wildman–Crippen LogP) is 4.91. The van der Waals surface area contributed by atoms with E-state index in [4.69, 9.17) is 26.8 Å². The number of hydrogen-bond acceptors (Lipinski definition) is 4. The molecule has 5 nitrogen and oxygen atoms in total. The number of hydrogen-bond donors (Lipinski definition) is 1. The number of halogens is 1. The van der Waals surface area contributed by atoms with Gasteiger partial charge in [-0.15, -0.1) is 0 Å². The lowest BCUT2D eigenvalue weighted by Gasteiger charge is -2.41. The SMILES string of the molecule is CCC1(Oc2ccc(CN)cc2)Oc2ccccc2N(Cc2cccc(Cl)c2)C1=O. The molecule has 0 saturated heterocycles. The molecule has 0 fully saturated rings. The van der Waals surface area contributed by atoms with E-state index in [2.05, 4.69) is 0 Å². The van der Waals surface area contributed by atoms with Crippen molar-refractivity contribution >= 4 is 23.2 Å². The zero-order chi connectivity index (χ0) is 21.1. The van der Waals surface area contributed by atoms with Crippen molar-refractivity contribution in [2.45, 2.75) is 32.2 Å². The number of carbonyl (C=O) groups is 1. The molecule has 30 heavy (non-hydrogen) atoms. The second kappa shape index (κ2) is 8.38. The molecule has 0 saturated carbocycles. The molecule has 1 aliphatic rings. The van der Waals surface area contributed by atoms with Crippen molar-refractivity contribution in [3.63, 3.8) is 0 Å². The van der Waals surface area contributed by atoms with Crippen molar-refractivity contribution in [1.29, 1.82) is 0 Å². The fraction of sp³-hybridized carbons (Fsp3) is 0.208. The molecule has 1 unspecified atom stereocenters. The van der Waals surface area contributed by atoms with E-state index in [1.165, 1.54) is 0 Å². The third-order valence-electron chi connectivity index (χ3n) is 5.14. The third-order valence-corrected chi connectivity index (χ3v) is 5.37. The Labute approximate surface area is 181 Å². The fourth-order valence-electron chi connectivity index (χ4n) is 3.52. The van der Waals surface area contributed by atoms with Crippen LogP contribution in [0, 0.1) is 0 Å². The van der Waals surface area contributed by atoms with Crippen LogP contribution in [0.3, 0.4) is 0 Å². The second-order valence-electron chi connectivity index (χ2n) is 7.15. The summed E-state index contributed by atoms with van der Waals surface area (Å²) in [5.74, 6) is -0.576. The molecule has 4 rings (SSSR count). The molecule has 3 aromatic carbocycles. The van der Waals surface area contributed by atoms with Crippen molar-refractivity contribution in [2.24, 2.45) is 5.73 Å². The molecule has 0 spiro atoms. The lowest BCUT2D eigenvalue weighted by Crippen LogP contribution is -2.59. The summed E-state index contributed by atoms with van der Waals surface area (Å²) in [5.41, 5.74) is 8.28. The highest BCUT2D eigenvalue weighted by atomic mass is 35.5. The maximum Gasteiger partial charge on any atom is 0.332 e. The summed E-state index contributed by atoms with van der Waals surface area (Å²) in [6.45, 7) is 2.67. The van der Waals surface area contributed by atoms with E-state index in [0.717, 1.165) is 11.1 Å². The average molecular weight is 423 g/mol. The van der Waals surface area contributed by atoms with Gasteiger partial charge in [0.1, 0.15) is 11.5 Å². The van der Waals surface area contributed by atoms with Gasteiger partial charge in [-0.25, -0.2) is 0 Å². The Kier molecular flexibility index (Phi) is 5.66. The minimum Gasteiger partial charge on any atom is -0.444 e. The van der Waals surface area contributed by atoms with Gasteiger partial charge >= 0.3 is 11.7 Å². The normalized spacial score (nSPS) is 18.0. The number of benzene rings is 3. The van der Waals surface area contributed by atoms with E-state index >= 15 is 0 Å². The first-order valence-corrected chi connectivity index (χ1v) is 10.2. The van der Waals surface area contributed by atoms with E-state index in [1.807, 2.05) is 67.6 Å². The number of fused-ring (bicyclic) bond motifs is 1. The summed E-state index contributed by atoms with van der Waals surface area (Å²) in [5, 5.41) is 0.625. The summed E-state index contributed by atoms with van der Waals surface area (Å²) in [6.07, 6.45) is 0.338. The van der Waals surface area contributed by atoms with E-state index < -0.39 is 5.79 Å². The van der Waals surface area contributed by atoms with Crippen molar-refractivity contribution in [3.8, 4) is 11.5 Å². The van der Waals surface area contributed by atoms with Crippen LogP contribution >= 0.6 is 11.6 Å². The van der Waals surface area contributed by atoms with Crippen molar-refractivity contribution in [2.75, 3.05) is 4.90 Å². The lowest BCUT2D eigenvalue weighted by atomic mass is 10.1. The Bertz CT molecular complexity index is 1050. The molecule has 6 heteroatoms. The Morgan fingerprint density at radius 2 is 1.80 bits per heavy atom. The number of anilines is 1. The Balaban J connectivity index is 1.72. The molecule has 0 bridgehead atoms. The molecule has 1 heterocycles. The van der Waals surface area contributed by atoms with Crippen LogP contribution in [0.2, 0.25) is 5.02 Å². The number of amides is 1. The quantitative estimate of drug-likeness (QED) is 0.613. The van der Waals surface area contributed by atoms with Crippen LogP contribution in [-0.4, -0.2) is 11.7 Å². The molecule has 3 aromatic rings. The van der Waals surface area contributed by atoms with Gasteiger partial charge in [0.2, 0.25) is 0 Å². The highest BCUT2D eigenvalue weighted by Gasteiger charge is 2.49. The average Bonchev–Trinajstić information content (AvgIpc) is 2.77. The maximum absolute atomic E-state index is 13.7. The van der Waals surface area contributed by atoms with E-state index in [0.29, 0.717) is 41.7 Å². The number of nitrogens with zero attached hydrogens (tertiary/aromatic N) is 1. The number of rotatable bonds is 6. The van der Waals surface area contributed by atoms with Crippen LogP contribution < -0.4 is 20.1 Å². The highest BCUT2D eigenvalue weighted by Crippen LogP contribution is 2.41. The van der Waals surface area contributed by atoms with Gasteiger partial charge in [0.15, 0.2) is 0 Å². The van der Waals surface area contributed by atoms with Gasteiger partial charge in [0, 0.05) is 18.0 Å². The maximum atomic E-state index is 13.7. The molecule has 0 aromatic heterocycles. The van der Waals surface area contributed by atoms with E-state index in [9.17, 15) is 4.79 Å². The first kappa shape index (κ1) is 20.3. The number of ether oxygens (including phenoxy) is 2. The molecular formula is C24H23ClN2O3. The van der Waals surface area contributed by atoms with Gasteiger partial charge < -0.3 is 15.2 Å². The van der Waals surface area contributed by atoms with Crippen molar-refractivity contribution < 1.29 is 14.3 Å². The fourth-order valence-corrected chi connectivity index (χ4v) is 3.73. The van der Waals surface area contributed by atoms with E-state index in [1.54, 1.807) is 17.0 Å². The van der Waals surface area contributed by atoms with Crippen LogP contribution in [0.1, 0.15) is 24.5 Å². The largest absolute Gasteiger partial charge is 0.444 e. The number of carbonyl (C=O) groups excluding carboxylic acids is 1. The standard InChI is InChI=1S/C24H23ClN2O3/c1-2-24(29-20-12-10-17(15-26)11-13-20)23(28)27(16-18-6-5-7-19(25)14-18)21-8-3-4-9-22(21)30-24/h3-14H,2,15-16,26H2,1H3. The van der Waals surface area contributed by atoms with Gasteiger partial charge in [-0.1, -0.05) is 54.9 Å². The molecular weight excluding hydrogens is 400 g/mol. The van der Waals surface area contributed by atoms with Gasteiger partial charge in [-0.3, -0.25) is 9.69 Å². The molecule has 154 valence electrons. The zero-order valence-electron chi connectivity index (χ0n) is 16.7. The van der Waals surface area contributed by atoms with Crippen LogP contribution in [0.25, 0.3) is 0 Å². The summed E-state index contributed by atoms with van der Waals surface area (Å²) >= 11 is 6.15. The lowest BCUT2D eigenvalue weighted by molar-refractivity contribution is -0.167. The minimum atomic E-state index is -1.46. The molecule has 0 aliphatic carbocycles. The molecule has 2 N–H and O–H groups in total. The number of nitrogens with two attached hydrogens (primary N) is 1. The first-order chi connectivity index (χ1) is 14.5. The summed E-state index contributed by atoms with van der Waals surface area (Å²) < 4.78 is 12.3. The Morgan fingerprint density at radius 3 is 2.50 bits per heavy atom. The topological polar surface area (TPSA) is 64.8 Å². The van der Waals surface area contributed by atoms with Crippen molar-refractivity contribution in [3.05, 3.63) is 88.9 Å². The number of para-hydroxylation sites is 2. The smallest absolute Gasteiger partial charge is 0.332 e. The van der Waals surface area contributed by atoms with Crippen molar-refractivity contribution in [1.82, 2.24) is 0 Å². The minimum absolute atomic E-state index is 0.258. The van der Waals surface area contributed by atoms with Gasteiger partial charge in [0.05, 0.1) is 12.2 Å². The predicted molar refractivity (Wildman–Crippen MR) is 118 cm³/mol. The third kappa shape index (κ3) is 3.86. The van der Waals surface area contributed by atoms with Crippen LogP contribution in [0.4, 0.5) is 5.69 Å². The van der Waals surface area contributed by atoms with Gasteiger partial charge in [0.25, 0.3) is 0 Å². The monoisotopic (exact) mass is 422 g/mol. The summed E-state index contributed by atoms with van der Waals surface area (Å²) in [7, 11) is 0. The molecule has 1 aliphatic heterocycles. The molecule has 0 radical (unpaired) electrons. The second-order valence-corrected chi connectivity index (χ2v) is 7.58. The molecule has 1 amide bonds. The van der Waals surface area contributed by atoms with Crippen LogP contribution in [0.5, 0.6) is 11.5 Å². The Hall–Kier alpha value is -3.02. The zero-order valence-corrected chi connectivity index (χ0v) is 17.4. The summed E-state index contributed by atoms with van der Waals surface area (Å²) in [4.78, 5) is 15.4. The molecule has 1 atom stereocenters. The van der Waals surface area contributed by atoms with Crippen LogP contribution in [-0.2, 0) is 17.9 Å². The van der Waals surface area contributed by atoms with E-state index in [-0.39, 0.29) is 5.91 Å². The highest BCUT2D eigenvalue weighted by molar-refractivity contribution is 6.30. The van der Waals surface area contributed by atoms with Crippen LogP contribution in [0.15, 0.2) is 72.8 Å². The summed E-state index contributed by atoms with van der Waals surface area (Å²) in [6, 6.07) is 22.3. The van der Waals surface area contributed by atoms with Gasteiger partial charge in [-0.2, -0.15) is 0 Å².